The van der Waals surface area contributed by atoms with Crippen LogP contribution in [0, 0.1) is 5.92 Å². The van der Waals surface area contributed by atoms with E-state index in [9.17, 15) is 4.79 Å². The SMILES string of the molecule is CC(SC(=O)C(c1ccc(Br)cc1)C(C)C)c1cccc(Oc2ccccc2)n1. The standard InChI is InChI=1S/C24H24BrNO2S/c1-16(2)23(18-12-14-19(25)15-13-18)24(27)29-17(3)21-10-7-11-22(26-21)28-20-8-5-4-6-9-20/h4-17,23H,1-3H3. The molecule has 2 unspecified atom stereocenters. The molecule has 0 aliphatic rings. The second kappa shape index (κ2) is 10.1. The average molecular weight is 470 g/mol. The van der Waals surface area contributed by atoms with E-state index >= 15 is 0 Å². The van der Waals surface area contributed by atoms with E-state index in [2.05, 4.69) is 34.8 Å². The van der Waals surface area contributed by atoms with Gasteiger partial charge in [0.1, 0.15) is 5.75 Å². The van der Waals surface area contributed by atoms with Gasteiger partial charge >= 0.3 is 0 Å². The number of carbonyl (C=O) groups excluding carboxylic acids is 1. The van der Waals surface area contributed by atoms with Crippen molar-refractivity contribution in [3.63, 3.8) is 0 Å². The first-order valence-electron chi connectivity index (χ1n) is 9.60. The zero-order chi connectivity index (χ0) is 20.8. The van der Waals surface area contributed by atoms with Crippen LogP contribution in [0.2, 0.25) is 0 Å². The molecule has 3 nitrogen and oxygen atoms in total. The molecule has 0 amide bonds. The molecular formula is C24H24BrNO2S. The van der Waals surface area contributed by atoms with Crippen molar-refractivity contribution >= 4 is 32.8 Å². The number of hydrogen-bond donors (Lipinski definition) is 0. The van der Waals surface area contributed by atoms with E-state index in [4.69, 9.17) is 4.74 Å². The minimum Gasteiger partial charge on any atom is -0.439 e. The molecule has 5 heteroatoms. The number of hydrogen-bond acceptors (Lipinski definition) is 4. The first kappa shape index (κ1) is 21.6. The van der Waals surface area contributed by atoms with E-state index in [1.165, 1.54) is 11.8 Å². The van der Waals surface area contributed by atoms with Crippen LogP contribution in [-0.4, -0.2) is 10.1 Å². The maximum Gasteiger partial charge on any atom is 0.219 e. The van der Waals surface area contributed by atoms with Gasteiger partial charge in [0, 0.05) is 10.5 Å². The lowest BCUT2D eigenvalue weighted by molar-refractivity contribution is -0.113. The molecule has 0 radical (unpaired) electrons. The first-order chi connectivity index (χ1) is 13.9. The Kier molecular flexibility index (Phi) is 7.51. The highest BCUT2D eigenvalue weighted by Gasteiger charge is 2.27. The van der Waals surface area contributed by atoms with Crippen LogP contribution in [0.3, 0.4) is 0 Å². The number of pyridine rings is 1. The maximum atomic E-state index is 13.1. The van der Waals surface area contributed by atoms with Crippen molar-refractivity contribution in [2.45, 2.75) is 31.9 Å². The van der Waals surface area contributed by atoms with E-state index in [0.29, 0.717) is 5.88 Å². The van der Waals surface area contributed by atoms with Crippen LogP contribution in [0.4, 0.5) is 0 Å². The molecule has 0 aliphatic heterocycles. The number of rotatable bonds is 7. The molecule has 0 N–H and O–H groups in total. The van der Waals surface area contributed by atoms with Crippen molar-refractivity contribution in [3.8, 4) is 11.6 Å². The van der Waals surface area contributed by atoms with Crippen LogP contribution in [-0.2, 0) is 4.79 Å². The topological polar surface area (TPSA) is 39.2 Å². The molecule has 2 atom stereocenters. The third-order valence-electron chi connectivity index (χ3n) is 4.57. The lowest BCUT2D eigenvalue weighted by atomic mass is 9.90. The number of ether oxygens (including phenoxy) is 1. The van der Waals surface area contributed by atoms with Crippen LogP contribution in [0.15, 0.2) is 77.3 Å². The molecule has 150 valence electrons. The summed E-state index contributed by atoms with van der Waals surface area (Å²) in [7, 11) is 0. The van der Waals surface area contributed by atoms with Gasteiger partial charge in [0.05, 0.1) is 16.9 Å². The number of para-hydroxylation sites is 1. The predicted octanol–water partition coefficient (Wildman–Crippen LogP) is 7.40. The van der Waals surface area contributed by atoms with Crippen molar-refractivity contribution in [3.05, 3.63) is 88.5 Å². The van der Waals surface area contributed by atoms with E-state index in [1.54, 1.807) is 0 Å². The summed E-state index contributed by atoms with van der Waals surface area (Å²) in [5.41, 5.74) is 1.87. The summed E-state index contributed by atoms with van der Waals surface area (Å²) in [5, 5.41) is 0.0875. The third kappa shape index (κ3) is 5.94. The van der Waals surface area contributed by atoms with Crippen molar-refractivity contribution in [2.75, 3.05) is 0 Å². The third-order valence-corrected chi connectivity index (χ3v) is 6.18. The van der Waals surface area contributed by atoms with Gasteiger partial charge in [-0.15, -0.1) is 0 Å². The highest BCUT2D eigenvalue weighted by molar-refractivity contribution is 9.10. The number of aromatic nitrogens is 1. The van der Waals surface area contributed by atoms with Gasteiger partial charge in [0.2, 0.25) is 5.88 Å². The molecule has 0 spiro atoms. The lowest BCUT2D eigenvalue weighted by Crippen LogP contribution is -2.16. The van der Waals surface area contributed by atoms with Crippen molar-refractivity contribution in [2.24, 2.45) is 5.92 Å². The Morgan fingerprint density at radius 2 is 1.62 bits per heavy atom. The minimum absolute atomic E-state index is 0.0708. The van der Waals surface area contributed by atoms with Gasteiger partial charge in [-0.05, 0) is 48.7 Å². The van der Waals surface area contributed by atoms with Gasteiger partial charge in [-0.1, -0.05) is 77.9 Å². The molecule has 1 heterocycles. The molecule has 29 heavy (non-hydrogen) atoms. The molecule has 1 aromatic heterocycles. The molecule has 3 aromatic rings. The summed E-state index contributed by atoms with van der Waals surface area (Å²) in [4.78, 5) is 17.7. The Labute approximate surface area is 185 Å². The molecule has 0 saturated carbocycles. The van der Waals surface area contributed by atoms with Crippen molar-refractivity contribution in [1.82, 2.24) is 4.98 Å². The largest absolute Gasteiger partial charge is 0.439 e. The Balaban J connectivity index is 1.73. The van der Waals surface area contributed by atoms with E-state index in [0.717, 1.165) is 21.5 Å². The summed E-state index contributed by atoms with van der Waals surface area (Å²) in [6.45, 7) is 6.18. The van der Waals surface area contributed by atoms with Gasteiger partial charge in [-0.3, -0.25) is 4.79 Å². The van der Waals surface area contributed by atoms with Crippen LogP contribution >= 0.6 is 27.7 Å². The Morgan fingerprint density at radius 1 is 0.931 bits per heavy atom. The normalized spacial score (nSPS) is 13.1. The number of carbonyl (C=O) groups is 1. The van der Waals surface area contributed by atoms with Crippen molar-refractivity contribution < 1.29 is 9.53 Å². The fourth-order valence-electron chi connectivity index (χ4n) is 3.09. The molecule has 0 aliphatic carbocycles. The maximum absolute atomic E-state index is 13.1. The van der Waals surface area contributed by atoms with Crippen molar-refractivity contribution in [1.29, 1.82) is 0 Å². The van der Waals surface area contributed by atoms with Gasteiger partial charge in [0.25, 0.3) is 0 Å². The molecule has 0 saturated heterocycles. The van der Waals surface area contributed by atoms with Gasteiger partial charge in [0.15, 0.2) is 5.12 Å². The number of thioether (sulfide) groups is 1. The number of benzene rings is 2. The Morgan fingerprint density at radius 3 is 2.28 bits per heavy atom. The highest BCUT2D eigenvalue weighted by Crippen LogP contribution is 2.37. The summed E-state index contributed by atoms with van der Waals surface area (Å²) >= 11 is 4.79. The molecule has 3 rings (SSSR count). The van der Waals surface area contributed by atoms with Crippen LogP contribution < -0.4 is 4.74 Å². The summed E-state index contributed by atoms with van der Waals surface area (Å²) in [6, 6.07) is 23.2. The van der Waals surface area contributed by atoms with E-state index < -0.39 is 0 Å². The first-order valence-corrected chi connectivity index (χ1v) is 11.3. The predicted molar refractivity (Wildman–Crippen MR) is 123 cm³/mol. The van der Waals surface area contributed by atoms with E-state index in [-0.39, 0.29) is 22.2 Å². The van der Waals surface area contributed by atoms with E-state index in [1.807, 2.05) is 79.7 Å². The Bertz CT molecular complexity index is 945. The molecular weight excluding hydrogens is 446 g/mol. The fourth-order valence-corrected chi connectivity index (χ4v) is 4.51. The average Bonchev–Trinajstić information content (AvgIpc) is 2.70. The minimum atomic E-state index is -0.153. The van der Waals surface area contributed by atoms with Gasteiger partial charge in [-0.25, -0.2) is 4.98 Å². The molecule has 0 fully saturated rings. The van der Waals surface area contributed by atoms with Crippen LogP contribution in [0.1, 0.15) is 43.2 Å². The fraction of sp³-hybridized carbons (Fsp3) is 0.250. The lowest BCUT2D eigenvalue weighted by Gasteiger charge is -2.21. The second-order valence-electron chi connectivity index (χ2n) is 7.17. The summed E-state index contributed by atoms with van der Waals surface area (Å²) in [6.07, 6.45) is 0. The van der Waals surface area contributed by atoms with Gasteiger partial charge in [-0.2, -0.15) is 0 Å². The summed E-state index contributed by atoms with van der Waals surface area (Å²) in [5.74, 6) is 1.33. The summed E-state index contributed by atoms with van der Waals surface area (Å²) < 4.78 is 6.84. The zero-order valence-electron chi connectivity index (χ0n) is 16.7. The number of halogens is 1. The molecule has 2 aromatic carbocycles. The Hall–Kier alpha value is -2.11. The quantitative estimate of drug-likeness (QED) is 0.361. The second-order valence-corrected chi connectivity index (χ2v) is 9.43. The molecule has 0 bridgehead atoms. The van der Waals surface area contributed by atoms with Crippen LogP contribution in [0.25, 0.3) is 0 Å². The van der Waals surface area contributed by atoms with Crippen LogP contribution in [0.5, 0.6) is 11.6 Å². The number of nitrogens with zero attached hydrogens (tertiary/aromatic N) is 1. The van der Waals surface area contributed by atoms with Gasteiger partial charge < -0.3 is 4.74 Å². The smallest absolute Gasteiger partial charge is 0.219 e. The monoisotopic (exact) mass is 469 g/mol. The highest BCUT2D eigenvalue weighted by atomic mass is 79.9. The zero-order valence-corrected chi connectivity index (χ0v) is 19.1.